The van der Waals surface area contributed by atoms with Gasteiger partial charge in [-0.15, -0.1) is 0 Å². The van der Waals surface area contributed by atoms with E-state index in [0.29, 0.717) is 35.9 Å². The second kappa shape index (κ2) is 8.02. The quantitative estimate of drug-likeness (QED) is 0.774. The number of hydrogen-bond acceptors (Lipinski definition) is 3. The van der Waals surface area contributed by atoms with E-state index in [4.69, 9.17) is 16.3 Å². The van der Waals surface area contributed by atoms with Gasteiger partial charge in [0.2, 0.25) is 5.91 Å². The van der Waals surface area contributed by atoms with Crippen molar-refractivity contribution >= 4 is 29.2 Å². The first-order valence-corrected chi connectivity index (χ1v) is 8.20. The molecule has 0 aliphatic heterocycles. The van der Waals surface area contributed by atoms with Crippen LogP contribution in [0, 0.1) is 13.8 Å². The summed E-state index contributed by atoms with van der Waals surface area (Å²) in [6.45, 7) is 5.85. The Morgan fingerprint density at radius 2 is 1.88 bits per heavy atom. The fourth-order valence-electron chi connectivity index (χ4n) is 2.57. The minimum Gasteiger partial charge on any atom is -0.461 e. The summed E-state index contributed by atoms with van der Waals surface area (Å²) in [7, 11) is 0. The summed E-state index contributed by atoms with van der Waals surface area (Å²) in [6.07, 6.45) is 0.872. The molecule has 0 unspecified atom stereocenters. The Morgan fingerprint density at radius 1 is 1.21 bits per heavy atom. The molecule has 5 nitrogen and oxygen atoms in total. The van der Waals surface area contributed by atoms with E-state index in [9.17, 15) is 9.59 Å². The second-order valence-corrected chi connectivity index (χ2v) is 5.94. The molecule has 2 aromatic rings. The lowest BCUT2D eigenvalue weighted by atomic mass is 10.0. The first kappa shape index (κ1) is 18.1. The highest BCUT2D eigenvalue weighted by molar-refractivity contribution is 6.30. The molecule has 1 heterocycles. The first-order valence-electron chi connectivity index (χ1n) is 7.83. The molecule has 2 rings (SSSR count). The molecule has 2 N–H and O–H groups in total. The maximum atomic E-state index is 12.1. The lowest BCUT2D eigenvalue weighted by molar-refractivity contribution is -0.116. The van der Waals surface area contributed by atoms with E-state index in [0.717, 1.165) is 16.8 Å². The summed E-state index contributed by atoms with van der Waals surface area (Å²) in [5.74, 6) is -0.454. The van der Waals surface area contributed by atoms with E-state index < -0.39 is 0 Å². The van der Waals surface area contributed by atoms with Crippen molar-refractivity contribution in [3.63, 3.8) is 0 Å². The lowest BCUT2D eigenvalue weighted by Gasteiger charge is -2.06. The number of aryl methyl sites for hydroxylation is 1. The molecular formula is C18H21ClN2O3. The van der Waals surface area contributed by atoms with Crippen molar-refractivity contribution in [2.45, 2.75) is 33.6 Å². The van der Waals surface area contributed by atoms with Gasteiger partial charge in [-0.05, 0) is 62.6 Å². The molecule has 1 amide bonds. The number of amides is 1. The zero-order chi connectivity index (χ0) is 17.7. The number of carbonyl (C=O) groups excluding carboxylic acids is 2. The molecule has 0 saturated heterocycles. The second-order valence-electron chi connectivity index (χ2n) is 5.50. The van der Waals surface area contributed by atoms with E-state index in [1.54, 1.807) is 31.2 Å². The minimum absolute atomic E-state index is 0.0880. The number of benzene rings is 1. The summed E-state index contributed by atoms with van der Waals surface area (Å²) >= 11 is 5.82. The van der Waals surface area contributed by atoms with Crippen LogP contribution in [0.25, 0.3) is 0 Å². The summed E-state index contributed by atoms with van der Waals surface area (Å²) in [5.41, 5.74) is 3.87. The molecule has 0 saturated carbocycles. The van der Waals surface area contributed by atoms with Gasteiger partial charge in [-0.25, -0.2) is 4.79 Å². The molecule has 0 bridgehead atoms. The molecule has 1 aromatic carbocycles. The molecule has 0 spiro atoms. The number of nitrogens with one attached hydrogen (secondary N) is 2. The van der Waals surface area contributed by atoms with Gasteiger partial charge in [-0.3, -0.25) is 4.79 Å². The third kappa shape index (κ3) is 4.38. The normalized spacial score (nSPS) is 10.5. The molecule has 1 aromatic heterocycles. The highest BCUT2D eigenvalue weighted by Gasteiger charge is 2.18. The van der Waals surface area contributed by atoms with Gasteiger partial charge in [0.05, 0.1) is 6.61 Å². The fraction of sp³-hybridized carbons (Fsp3) is 0.333. The van der Waals surface area contributed by atoms with Crippen LogP contribution < -0.4 is 5.32 Å². The van der Waals surface area contributed by atoms with Crippen LogP contribution >= 0.6 is 11.6 Å². The van der Waals surface area contributed by atoms with Crippen LogP contribution in [-0.4, -0.2) is 23.5 Å². The van der Waals surface area contributed by atoms with Crippen LogP contribution in [0.5, 0.6) is 0 Å². The van der Waals surface area contributed by atoms with E-state index in [1.165, 1.54) is 0 Å². The standard InChI is InChI=1S/C18H21ClN2O3/c1-4-24-18(23)17-11(2)15(12(3)20-17)9-10-16(22)21-14-7-5-13(19)6-8-14/h5-8,20H,4,9-10H2,1-3H3,(H,21,22). The molecular weight excluding hydrogens is 328 g/mol. The van der Waals surface area contributed by atoms with Gasteiger partial charge in [0.1, 0.15) is 5.69 Å². The molecule has 0 radical (unpaired) electrons. The van der Waals surface area contributed by atoms with E-state index in [2.05, 4.69) is 10.3 Å². The summed E-state index contributed by atoms with van der Waals surface area (Å²) in [6, 6.07) is 6.96. The molecule has 0 atom stereocenters. The first-order chi connectivity index (χ1) is 11.4. The number of rotatable bonds is 6. The third-order valence-electron chi connectivity index (χ3n) is 3.80. The van der Waals surface area contributed by atoms with Crippen LogP contribution in [0.15, 0.2) is 24.3 Å². The number of hydrogen-bond donors (Lipinski definition) is 2. The Kier molecular flexibility index (Phi) is 6.04. The van der Waals surface area contributed by atoms with Crippen LogP contribution in [-0.2, 0) is 16.0 Å². The largest absolute Gasteiger partial charge is 0.461 e. The summed E-state index contributed by atoms with van der Waals surface area (Å²) in [4.78, 5) is 27.0. The number of anilines is 1. The number of ether oxygens (including phenoxy) is 1. The van der Waals surface area contributed by atoms with Crippen molar-refractivity contribution in [1.82, 2.24) is 4.98 Å². The van der Waals surface area contributed by atoms with Crippen molar-refractivity contribution in [2.75, 3.05) is 11.9 Å². The van der Waals surface area contributed by atoms with Gasteiger partial charge in [-0.1, -0.05) is 11.6 Å². The Labute approximate surface area is 146 Å². The van der Waals surface area contributed by atoms with Gasteiger partial charge in [0.25, 0.3) is 0 Å². The van der Waals surface area contributed by atoms with Gasteiger partial charge in [0, 0.05) is 22.8 Å². The van der Waals surface area contributed by atoms with Crippen molar-refractivity contribution in [3.8, 4) is 0 Å². The number of esters is 1. The van der Waals surface area contributed by atoms with Crippen LogP contribution in [0.3, 0.4) is 0 Å². The number of aromatic nitrogens is 1. The highest BCUT2D eigenvalue weighted by atomic mass is 35.5. The average molecular weight is 349 g/mol. The molecule has 0 aliphatic carbocycles. The van der Waals surface area contributed by atoms with Crippen LogP contribution in [0.4, 0.5) is 5.69 Å². The summed E-state index contributed by atoms with van der Waals surface area (Å²) in [5, 5.41) is 3.45. The Bertz CT molecular complexity index is 735. The van der Waals surface area contributed by atoms with Crippen molar-refractivity contribution in [2.24, 2.45) is 0 Å². The smallest absolute Gasteiger partial charge is 0.355 e. The van der Waals surface area contributed by atoms with Gasteiger partial charge >= 0.3 is 5.97 Å². The number of H-pyrrole nitrogens is 1. The predicted molar refractivity (Wildman–Crippen MR) is 94.6 cm³/mol. The Hall–Kier alpha value is -2.27. The Morgan fingerprint density at radius 3 is 2.50 bits per heavy atom. The molecule has 6 heteroatoms. The van der Waals surface area contributed by atoms with Crippen molar-refractivity contribution in [3.05, 3.63) is 51.8 Å². The monoisotopic (exact) mass is 348 g/mol. The number of carbonyl (C=O) groups is 2. The topological polar surface area (TPSA) is 71.2 Å². The SMILES string of the molecule is CCOC(=O)c1[nH]c(C)c(CCC(=O)Nc2ccc(Cl)cc2)c1C. The minimum atomic E-state index is -0.366. The zero-order valence-corrected chi connectivity index (χ0v) is 14.8. The molecule has 0 fully saturated rings. The zero-order valence-electron chi connectivity index (χ0n) is 14.0. The van der Waals surface area contributed by atoms with Crippen molar-refractivity contribution < 1.29 is 14.3 Å². The molecule has 24 heavy (non-hydrogen) atoms. The third-order valence-corrected chi connectivity index (χ3v) is 4.05. The highest BCUT2D eigenvalue weighted by Crippen LogP contribution is 2.21. The fourth-order valence-corrected chi connectivity index (χ4v) is 2.69. The van der Waals surface area contributed by atoms with E-state index >= 15 is 0 Å². The van der Waals surface area contributed by atoms with Crippen LogP contribution in [0.2, 0.25) is 5.02 Å². The average Bonchev–Trinajstić information content (AvgIpc) is 2.82. The Balaban J connectivity index is 2.00. The van der Waals surface area contributed by atoms with Crippen molar-refractivity contribution in [1.29, 1.82) is 0 Å². The van der Waals surface area contributed by atoms with Gasteiger partial charge in [-0.2, -0.15) is 0 Å². The summed E-state index contributed by atoms with van der Waals surface area (Å²) < 4.78 is 5.03. The van der Waals surface area contributed by atoms with Gasteiger partial charge < -0.3 is 15.0 Å². The lowest BCUT2D eigenvalue weighted by Crippen LogP contribution is -2.12. The van der Waals surface area contributed by atoms with Gasteiger partial charge in [0.15, 0.2) is 0 Å². The number of aromatic amines is 1. The predicted octanol–water partition coefficient (Wildman–Crippen LogP) is 4.03. The molecule has 0 aliphatic rings. The molecule has 128 valence electrons. The van der Waals surface area contributed by atoms with E-state index in [1.807, 2.05) is 13.8 Å². The van der Waals surface area contributed by atoms with E-state index in [-0.39, 0.29) is 11.9 Å². The van der Waals surface area contributed by atoms with Crippen LogP contribution in [0.1, 0.15) is 40.7 Å². The maximum absolute atomic E-state index is 12.1. The maximum Gasteiger partial charge on any atom is 0.355 e. The number of halogens is 1.